The second kappa shape index (κ2) is 15.2. The van der Waals surface area contributed by atoms with Gasteiger partial charge in [0.2, 0.25) is 0 Å². The molecule has 0 radical (unpaired) electrons. The third-order valence-corrected chi connectivity index (χ3v) is 5.53. The molecule has 0 aliphatic heterocycles. The maximum atomic E-state index is 12.0. The lowest BCUT2D eigenvalue weighted by atomic mass is 9.91. The van der Waals surface area contributed by atoms with E-state index in [0.29, 0.717) is 35.5 Å². The van der Waals surface area contributed by atoms with Gasteiger partial charge in [0, 0.05) is 11.1 Å². The Balaban J connectivity index is 3.27. The van der Waals surface area contributed by atoms with Gasteiger partial charge in [-0.2, -0.15) is 0 Å². The van der Waals surface area contributed by atoms with Crippen molar-refractivity contribution in [3.63, 3.8) is 0 Å². The molecule has 0 amide bonds. The molecule has 4 nitrogen and oxygen atoms in total. The molecule has 0 spiro atoms. The van der Waals surface area contributed by atoms with Crippen molar-refractivity contribution in [3.8, 4) is 0 Å². The fourth-order valence-electron chi connectivity index (χ4n) is 3.52. The van der Waals surface area contributed by atoms with Crippen molar-refractivity contribution < 1.29 is 19.8 Å². The number of aliphatic carboxylic acids is 2. The van der Waals surface area contributed by atoms with E-state index in [1.807, 2.05) is 43.3 Å². The van der Waals surface area contributed by atoms with Crippen LogP contribution < -0.4 is 0 Å². The Labute approximate surface area is 187 Å². The molecule has 4 heteroatoms. The minimum atomic E-state index is -0.955. The summed E-state index contributed by atoms with van der Waals surface area (Å²) in [5.74, 6) is -1.38. The lowest BCUT2D eigenvalue weighted by molar-refractivity contribution is -0.133. The molecule has 2 N–H and O–H groups in total. The highest BCUT2D eigenvalue weighted by Gasteiger charge is 2.14. The van der Waals surface area contributed by atoms with Gasteiger partial charge in [-0.3, -0.25) is 0 Å². The van der Waals surface area contributed by atoms with Gasteiger partial charge < -0.3 is 10.2 Å². The molecule has 1 atom stereocenters. The van der Waals surface area contributed by atoms with Crippen molar-refractivity contribution in [2.45, 2.75) is 78.6 Å². The second-order valence-corrected chi connectivity index (χ2v) is 8.06. The fraction of sp³-hybridized carbons (Fsp3) is 0.481. The van der Waals surface area contributed by atoms with Gasteiger partial charge in [0.25, 0.3) is 0 Å². The minimum Gasteiger partial charge on any atom is -0.478 e. The van der Waals surface area contributed by atoms with Gasteiger partial charge in [0.1, 0.15) is 0 Å². The molecule has 0 bridgehead atoms. The molecule has 0 aliphatic rings. The topological polar surface area (TPSA) is 74.6 Å². The molecule has 1 aromatic carbocycles. The molecule has 0 aromatic heterocycles. The highest BCUT2D eigenvalue weighted by atomic mass is 16.4. The van der Waals surface area contributed by atoms with Crippen molar-refractivity contribution in [2.24, 2.45) is 5.92 Å². The summed E-state index contributed by atoms with van der Waals surface area (Å²) in [7, 11) is 0. The first-order valence-corrected chi connectivity index (χ1v) is 11.6. The standard InChI is InChI=1S/C27H38O4/c1-4-7-12-21(6-3)16-17-25(27(30)31)20-23(18-22-13-10-9-11-14-22)19-24(26(28)29)15-8-5-2/h9-11,13-14,18-21H,4-8,12,15-17H2,1-3H3,(H,28,29)(H,30,31). The zero-order valence-electron chi connectivity index (χ0n) is 19.3. The number of carbonyl (C=O) groups is 2. The summed E-state index contributed by atoms with van der Waals surface area (Å²) in [5.41, 5.74) is 2.15. The summed E-state index contributed by atoms with van der Waals surface area (Å²) in [4.78, 5) is 23.7. The van der Waals surface area contributed by atoms with Crippen molar-refractivity contribution in [1.82, 2.24) is 0 Å². The van der Waals surface area contributed by atoms with Crippen LogP contribution >= 0.6 is 0 Å². The van der Waals surface area contributed by atoms with Gasteiger partial charge in [-0.25, -0.2) is 9.59 Å². The summed E-state index contributed by atoms with van der Waals surface area (Å²) in [6, 6.07) is 9.57. The number of hydrogen-bond acceptors (Lipinski definition) is 2. The first-order valence-electron chi connectivity index (χ1n) is 11.6. The van der Waals surface area contributed by atoms with Gasteiger partial charge in [0.05, 0.1) is 0 Å². The van der Waals surface area contributed by atoms with Crippen molar-refractivity contribution >= 4 is 18.0 Å². The van der Waals surface area contributed by atoms with Crippen LogP contribution in [0.5, 0.6) is 0 Å². The van der Waals surface area contributed by atoms with E-state index in [0.717, 1.165) is 50.5 Å². The summed E-state index contributed by atoms with van der Waals surface area (Å²) in [6.07, 6.45) is 13.0. The van der Waals surface area contributed by atoms with Gasteiger partial charge in [-0.1, -0.05) is 83.2 Å². The monoisotopic (exact) mass is 426 g/mol. The minimum absolute atomic E-state index is 0.305. The predicted octanol–water partition coefficient (Wildman–Crippen LogP) is 7.28. The van der Waals surface area contributed by atoms with Crippen LogP contribution in [0.4, 0.5) is 0 Å². The number of carboxylic acids is 2. The molecular weight excluding hydrogens is 388 g/mol. The first-order chi connectivity index (χ1) is 14.9. The maximum absolute atomic E-state index is 12.0. The van der Waals surface area contributed by atoms with Crippen LogP contribution in [0.2, 0.25) is 0 Å². The van der Waals surface area contributed by atoms with Crippen LogP contribution in [0.1, 0.15) is 84.1 Å². The molecule has 31 heavy (non-hydrogen) atoms. The highest BCUT2D eigenvalue weighted by molar-refractivity contribution is 5.90. The van der Waals surface area contributed by atoms with E-state index in [9.17, 15) is 19.8 Å². The zero-order valence-corrected chi connectivity index (χ0v) is 19.3. The van der Waals surface area contributed by atoms with Gasteiger partial charge in [-0.05, 0) is 61.0 Å². The Morgan fingerprint density at radius 1 is 0.839 bits per heavy atom. The van der Waals surface area contributed by atoms with E-state index >= 15 is 0 Å². The molecular formula is C27H38O4. The predicted molar refractivity (Wildman–Crippen MR) is 128 cm³/mol. The Morgan fingerprint density at radius 2 is 1.42 bits per heavy atom. The van der Waals surface area contributed by atoms with E-state index < -0.39 is 11.9 Å². The smallest absolute Gasteiger partial charge is 0.331 e. The van der Waals surface area contributed by atoms with Crippen LogP contribution in [0.3, 0.4) is 0 Å². The molecule has 1 aromatic rings. The summed E-state index contributed by atoms with van der Waals surface area (Å²) in [6.45, 7) is 6.34. The molecule has 0 fully saturated rings. The average Bonchev–Trinajstić information content (AvgIpc) is 2.75. The number of benzene rings is 1. The Morgan fingerprint density at radius 3 is 1.94 bits per heavy atom. The summed E-state index contributed by atoms with van der Waals surface area (Å²) in [5, 5.41) is 19.4. The van der Waals surface area contributed by atoms with E-state index in [1.165, 1.54) is 0 Å². The average molecular weight is 427 g/mol. The van der Waals surface area contributed by atoms with E-state index in [1.54, 1.807) is 12.2 Å². The van der Waals surface area contributed by atoms with E-state index in [2.05, 4.69) is 13.8 Å². The van der Waals surface area contributed by atoms with Crippen LogP contribution in [0.15, 0.2) is 59.2 Å². The second-order valence-electron chi connectivity index (χ2n) is 8.06. The largest absolute Gasteiger partial charge is 0.478 e. The summed E-state index contributed by atoms with van der Waals surface area (Å²) < 4.78 is 0. The number of hydrogen-bond donors (Lipinski definition) is 2. The number of unbranched alkanes of at least 4 members (excludes halogenated alkanes) is 2. The van der Waals surface area contributed by atoms with Crippen molar-refractivity contribution in [3.05, 3.63) is 64.8 Å². The molecule has 0 heterocycles. The Hall–Kier alpha value is -2.62. The number of allylic oxidation sites excluding steroid dienone is 3. The van der Waals surface area contributed by atoms with E-state index in [4.69, 9.17) is 0 Å². The number of rotatable bonds is 15. The Bertz CT molecular complexity index is 772. The molecule has 0 saturated heterocycles. The molecule has 170 valence electrons. The molecule has 0 aliphatic carbocycles. The quantitative estimate of drug-likeness (QED) is 0.228. The third kappa shape index (κ3) is 10.8. The van der Waals surface area contributed by atoms with Gasteiger partial charge in [-0.15, -0.1) is 0 Å². The first kappa shape index (κ1) is 26.4. The number of carboxylic acid groups (broad SMARTS) is 2. The third-order valence-electron chi connectivity index (χ3n) is 5.53. The van der Waals surface area contributed by atoms with Crippen molar-refractivity contribution in [2.75, 3.05) is 0 Å². The lowest BCUT2D eigenvalue weighted by Crippen LogP contribution is -2.06. The molecule has 1 rings (SSSR count). The van der Waals surface area contributed by atoms with Crippen LogP contribution in [-0.4, -0.2) is 22.2 Å². The molecule has 0 saturated carbocycles. The SMILES string of the molecule is CCCCC(=CC(=Cc1ccccc1)C=C(CCC(CC)CCCC)C(=O)O)C(=O)O. The fourth-order valence-corrected chi connectivity index (χ4v) is 3.52. The highest BCUT2D eigenvalue weighted by Crippen LogP contribution is 2.23. The Kier molecular flexibility index (Phi) is 13.0. The normalized spacial score (nSPS) is 13.8. The maximum Gasteiger partial charge on any atom is 0.331 e. The molecule has 1 unspecified atom stereocenters. The van der Waals surface area contributed by atoms with Gasteiger partial charge in [0.15, 0.2) is 0 Å². The van der Waals surface area contributed by atoms with E-state index in [-0.39, 0.29) is 0 Å². The van der Waals surface area contributed by atoms with Crippen LogP contribution in [0.25, 0.3) is 6.08 Å². The van der Waals surface area contributed by atoms with Crippen molar-refractivity contribution in [1.29, 1.82) is 0 Å². The zero-order chi connectivity index (χ0) is 23.1. The lowest BCUT2D eigenvalue weighted by Gasteiger charge is -2.14. The van der Waals surface area contributed by atoms with Crippen LogP contribution in [-0.2, 0) is 9.59 Å². The van der Waals surface area contributed by atoms with Gasteiger partial charge >= 0.3 is 11.9 Å². The van der Waals surface area contributed by atoms with Crippen LogP contribution in [0, 0.1) is 5.92 Å². The summed E-state index contributed by atoms with van der Waals surface area (Å²) >= 11 is 0.